The van der Waals surface area contributed by atoms with Crippen LogP contribution in [0.15, 0.2) is 18.3 Å². The smallest absolute Gasteiger partial charge is 0.309 e. The number of hydrogen-bond acceptors (Lipinski definition) is 3. The van der Waals surface area contributed by atoms with Crippen molar-refractivity contribution in [3.05, 3.63) is 29.6 Å². The van der Waals surface area contributed by atoms with Gasteiger partial charge >= 0.3 is 5.97 Å². The van der Waals surface area contributed by atoms with Gasteiger partial charge in [-0.3, -0.25) is 9.78 Å². The minimum Gasteiger partial charge on any atom is -0.466 e. The highest BCUT2D eigenvalue weighted by molar-refractivity contribution is 5.77. The van der Waals surface area contributed by atoms with Gasteiger partial charge in [0.05, 0.1) is 12.5 Å². The fraction of sp³-hybridized carbons (Fsp3) is 0.500. The van der Waals surface area contributed by atoms with E-state index < -0.39 is 6.43 Å². The van der Waals surface area contributed by atoms with E-state index in [1.807, 2.05) is 0 Å². The number of carbonyl (C=O) groups excluding carboxylic acids is 1. The molecule has 0 saturated heterocycles. The van der Waals surface area contributed by atoms with Crippen LogP contribution in [0.5, 0.6) is 0 Å². The van der Waals surface area contributed by atoms with Crippen LogP contribution in [0.25, 0.3) is 0 Å². The molecule has 2 rings (SSSR count). The van der Waals surface area contributed by atoms with Crippen molar-refractivity contribution in [1.29, 1.82) is 0 Å². The van der Waals surface area contributed by atoms with E-state index in [0.717, 1.165) is 0 Å². The Labute approximate surface area is 97.8 Å². The number of rotatable bonds is 4. The van der Waals surface area contributed by atoms with E-state index in [1.54, 1.807) is 13.0 Å². The van der Waals surface area contributed by atoms with E-state index in [0.29, 0.717) is 18.7 Å². The number of aromatic nitrogens is 1. The number of alkyl halides is 2. The zero-order valence-corrected chi connectivity index (χ0v) is 9.40. The molecule has 0 radical (unpaired) electrons. The van der Waals surface area contributed by atoms with Crippen molar-refractivity contribution in [3.8, 4) is 0 Å². The van der Waals surface area contributed by atoms with Crippen molar-refractivity contribution in [1.82, 2.24) is 4.98 Å². The Morgan fingerprint density at radius 3 is 2.88 bits per heavy atom. The van der Waals surface area contributed by atoms with Crippen LogP contribution in [-0.4, -0.2) is 17.6 Å². The summed E-state index contributed by atoms with van der Waals surface area (Å²) >= 11 is 0. The van der Waals surface area contributed by atoms with Crippen LogP contribution in [0.3, 0.4) is 0 Å². The molecule has 1 heterocycles. The number of esters is 1. The van der Waals surface area contributed by atoms with Gasteiger partial charge in [-0.25, -0.2) is 8.78 Å². The lowest BCUT2D eigenvalue weighted by molar-refractivity contribution is -0.144. The standard InChI is InChI=1S/C12H13F2NO2/c1-2-17-12(16)9-5-8(9)10-4-3-7(6-15-10)11(13)14/h3-4,6,8-9,11H,2,5H2,1H3/t8-,9-/m0/s1. The predicted octanol–water partition coefficient (Wildman–Crippen LogP) is 2.69. The summed E-state index contributed by atoms with van der Waals surface area (Å²) in [6, 6.07) is 2.92. The molecule has 1 aromatic heterocycles. The average Bonchev–Trinajstić information content (AvgIpc) is 3.09. The Balaban J connectivity index is 1.99. The average molecular weight is 241 g/mol. The van der Waals surface area contributed by atoms with Crippen molar-refractivity contribution in [2.45, 2.75) is 25.7 Å². The summed E-state index contributed by atoms with van der Waals surface area (Å²) in [7, 11) is 0. The van der Waals surface area contributed by atoms with Crippen molar-refractivity contribution in [2.24, 2.45) is 5.92 Å². The highest BCUT2D eigenvalue weighted by atomic mass is 19.3. The minimum atomic E-state index is -2.50. The third-order valence-corrected chi connectivity index (χ3v) is 2.82. The number of halogens is 2. The van der Waals surface area contributed by atoms with Crippen LogP contribution in [0.1, 0.15) is 36.9 Å². The van der Waals surface area contributed by atoms with E-state index in [2.05, 4.69) is 4.98 Å². The highest BCUT2D eigenvalue weighted by Crippen LogP contribution is 2.47. The molecule has 1 fully saturated rings. The first-order valence-corrected chi connectivity index (χ1v) is 5.54. The molecular weight excluding hydrogens is 228 g/mol. The lowest BCUT2D eigenvalue weighted by Gasteiger charge is -2.02. The fourth-order valence-electron chi connectivity index (χ4n) is 1.80. The summed E-state index contributed by atoms with van der Waals surface area (Å²) in [5.74, 6) is -0.349. The third kappa shape index (κ3) is 2.60. The number of nitrogens with zero attached hydrogens (tertiary/aromatic N) is 1. The molecule has 0 N–H and O–H groups in total. The topological polar surface area (TPSA) is 39.2 Å². The molecule has 17 heavy (non-hydrogen) atoms. The highest BCUT2D eigenvalue weighted by Gasteiger charge is 2.46. The maximum Gasteiger partial charge on any atom is 0.309 e. The molecular formula is C12H13F2NO2. The molecule has 2 atom stereocenters. The first-order valence-electron chi connectivity index (χ1n) is 5.54. The van der Waals surface area contributed by atoms with E-state index in [9.17, 15) is 13.6 Å². The second-order valence-corrected chi connectivity index (χ2v) is 4.02. The Bertz CT molecular complexity index is 405. The van der Waals surface area contributed by atoms with Gasteiger partial charge < -0.3 is 4.74 Å². The van der Waals surface area contributed by atoms with Crippen LogP contribution in [0.2, 0.25) is 0 Å². The number of hydrogen-bond donors (Lipinski definition) is 0. The zero-order chi connectivity index (χ0) is 12.4. The van der Waals surface area contributed by atoms with Crippen molar-refractivity contribution < 1.29 is 18.3 Å². The van der Waals surface area contributed by atoms with Gasteiger partial charge in [0.1, 0.15) is 0 Å². The molecule has 0 bridgehead atoms. The Morgan fingerprint density at radius 1 is 1.59 bits per heavy atom. The molecule has 1 aliphatic rings. The van der Waals surface area contributed by atoms with Crippen LogP contribution in [-0.2, 0) is 9.53 Å². The van der Waals surface area contributed by atoms with Gasteiger partial charge in [0, 0.05) is 23.4 Å². The molecule has 0 amide bonds. The first kappa shape index (κ1) is 12.0. The van der Waals surface area contributed by atoms with Crippen LogP contribution in [0.4, 0.5) is 8.78 Å². The third-order valence-electron chi connectivity index (χ3n) is 2.82. The predicted molar refractivity (Wildman–Crippen MR) is 56.7 cm³/mol. The van der Waals surface area contributed by atoms with Gasteiger partial charge in [-0.2, -0.15) is 0 Å². The van der Waals surface area contributed by atoms with Gasteiger partial charge in [0.15, 0.2) is 0 Å². The largest absolute Gasteiger partial charge is 0.466 e. The number of pyridine rings is 1. The maximum atomic E-state index is 12.3. The molecule has 0 aromatic carbocycles. The summed E-state index contributed by atoms with van der Waals surface area (Å²) in [6.07, 6.45) is -0.642. The summed E-state index contributed by atoms with van der Waals surface area (Å²) < 4.78 is 29.5. The maximum absolute atomic E-state index is 12.3. The molecule has 0 aliphatic heterocycles. The van der Waals surface area contributed by atoms with E-state index in [-0.39, 0.29) is 23.4 Å². The molecule has 92 valence electrons. The van der Waals surface area contributed by atoms with Gasteiger partial charge in [-0.15, -0.1) is 0 Å². The van der Waals surface area contributed by atoms with Gasteiger partial charge in [0.25, 0.3) is 6.43 Å². The lowest BCUT2D eigenvalue weighted by Crippen LogP contribution is -2.07. The van der Waals surface area contributed by atoms with Crippen molar-refractivity contribution in [2.75, 3.05) is 6.61 Å². The van der Waals surface area contributed by atoms with Crippen molar-refractivity contribution in [3.63, 3.8) is 0 Å². The van der Waals surface area contributed by atoms with Crippen LogP contribution < -0.4 is 0 Å². The Kier molecular flexibility index (Phi) is 3.36. The lowest BCUT2D eigenvalue weighted by atomic mass is 10.2. The second-order valence-electron chi connectivity index (χ2n) is 4.02. The van der Waals surface area contributed by atoms with Gasteiger partial charge in [0.2, 0.25) is 0 Å². The Morgan fingerprint density at radius 2 is 2.35 bits per heavy atom. The molecule has 0 spiro atoms. The summed E-state index contributed by atoms with van der Waals surface area (Å²) in [5, 5.41) is 0. The molecule has 1 aliphatic carbocycles. The Hall–Kier alpha value is -1.52. The van der Waals surface area contributed by atoms with Crippen LogP contribution in [0, 0.1) is 5.92 Å². The summed E-state index contributed by atoms with van der Waals surface area (Å²) in [6.45, 7) is 2.12. The second kappa shape index (κ2) is 4.77. The van der Waals surface area contributed by atoms with Crippen molar-refractivity contribution >= 4 is 5.97 Å². The van der Waals surface area contributed by atoms with Gasteiger partial charge in [-0.1, -0.05) is 0 Å². The van der Waals surface area contributed by atoms with Crippen LogP contribution >= 0.6 is 0 Å². The monoisotopic (exact) mass is 241 g/mol. The molecule has 1 aromatic rings. The molecule has 1 saturated carbocycles. The first-order chi connectivity index (χ1) is 8.13. The number of ether oxygens (including phenoxy) is 1. The summed E-state index contributed by atoms with van der Waals surface area (Å²) in [5.41, 5.74) is 0.592. The SMILES string of the molecule is CCOC(=O)[C@H]1C[C@@H]1c1ccc(C(F)F)cn1. The van der Waals surface area contributed by atoms with Gasteiger partial charge in [-0.05, 0) is 25.5 Å². The molecule has 0 unspecified atom stereocenters. The zero-order valence-electron chi connectivity index (χ0n) is 9.40. The van der Waals surface area contributed by atoms with E-state index in [1.165, 1.54) is 12.3 Å². The fourth-order valence-corrected chi connectivity index (χ4v) is 1.80. The van der Waals surface area contributed by atoms with E-state index >= 15 is 0 Å². The quantitative estimate of drug-likeness (QED) is 0.761. The molecule has 5 heteroatoms. The summed E-state index contributed by atoms with van der Waals surface area (Å²) in [4.78, 5) is 15.4. The molecule has 3 nitrogen and oxygen atoms in total. The minimum absolute atomic E-state index is 0.0285. The number of carbonyl (C=O) groups is 1. The van der Waals surface area contributed by atoms with E-state index in [4.69, 9.17) is 4.74 Å². The normalized spacial score (nSPS) is 22.6.